The van der Waals surface area contributed by atoms with Crippen molar-refractivity contribution in [2.24, 2.45) is 0 Å². The summed E-state index contributed by atoms with van der Waals surface area (Å²) in [4.78, 5) is 10.3. The number of carboxylic acids is 1. The van der Waals surface area contributed by atoms with Gasteiger partial charge in [0.1, 0.15) is 0 Å². The van der Waals surface area contributed by atoms with Crippen molar-refractivity contribution in [1.82, 2.24) is 0 Å². The number of rotatable bonds is 11. The van der Waals surface area contributed by atoms with Gasteiger partial charge in [-0.15, -0.1) is 0 Å². The van der Waals surface area contributed by atoms with Gasteiger partial charge in [0, 0.05) is 6.42 Å². The van der Waals surface area contributed by atoms with E-state index in [1.165, 1.54) is 0 Å². The van der Waals surface area contributed by atoms with Gasteiger partial charge in [0.15, 0.2) is 0 Å². The second-order valence-electron chi connectivity index (χ2n) is 4.63. The maximum atomic E-state index is 11.1. The van der Waals surface area contributed by atoms with Gasteiger partial charge in [-0.3, -0.25) is 9.35 Å². The van der Waals surface area contributed by atoms with E-state index in [0.29, 0.717) is 19.3 Å². The summed E-state index contributed by atoms with van der Waals surface area (Å²) < 4.78 is 31.1. The zero-order chi connectivity index (χ0) is 14.0. The SMILES string of the molecule is CCCC(CCCCCCCC(=O)O)S(=O)(=O)O. The van der Waals surface area contributed by atoms with Crippen molar-refractivity contribution < 1.29 is 22.9 Å². The summed E-state index contributed by atoms with van der Waals surface area (Å²) in [6.45, 7) is 1.89. The van der Waals surface area contributed by atoms with E-state index < -0.39 is 21.3 Å². The van der Waals surface area contributed by atoms with Gasteiger partial charge >= 0.3 is 5.97 Å². The minimum atomic E-state index is -3.91. The predicted octanol–water partition coefficient (Wildman–Crippen LogP) is 2.86. The molecule has 0 aromatic rings. The van der Waals surface area contributed by atoms with E-state index in [1.807, 2.05) is 6.92 Å². The summed E-state index contributed by atoms with van der Waals surface area (Å²) in [7, 11) is -3.91. The Morgan fingerprint density at radius 3 is 2.11 bits per heavy atom. The van der Waals surface area contributed by atoms with Gasteiger partial charge in [0.25, 0.3) is 10.1 Å². The first-order chi connectivity index (χ1) is 8.38. The van der Waals surface area contributed by atoms with E-state index in [9.17, 15) is 13.2 Å². The molecule has 0 aliphatic carbocycles. The van der Waals surface area contributed by atoms with Crippen LogP contribution >= 0.6 is 0 Å². The Labute approximate surface area is 109 Å². The van der Waals surface area contributed by atoms with Crippen LogP contribution in [-0.2, 0) is 14.9 Å². The van der Waals surface area contributed by atoms with Gasteiger partial charge in [0.2, 0.25) is 0 Å². The summed E-state index contributed by atoms with van der Waals surface area (Å²) >= 11 is 0. The molecule has 0 radical (unpaired) electrons. The second kappa shape index (κ2) is 9.33. The Morgan fingerprint density at radius 2 is 1.61 bits per heavy atom. The van der Waals surface area contributed by atoms with Crippen LogP contribution in [0.5, 0.6) is 0 Å². The molecule has 0 saturated carbocycles. The quantitative estimate of drug-likeness (QED) is 0.448. The molecule has 0 aliphatic rings. The third-order valence-electron chi connectivity index (χ3n) is 2.95. The number of unbranched alkanes of at least 4 members (excludes halogenated alkanes) is 4. The van der Waals surface area contributed by atoms with E-state index >= 15 is 0 Å². The number of carbonyl (C=O) groups is 1. The standard InChI is InChI=1S/C12H24O5S/c1-2-8-11(18(15,16)17)9-6-4-3-5-7-10-12(13)14/h11H,2-10H2,1H3,(H,13,14)(H,15,16,17). The van der Waals surface area contributed by atoms with Crippen molar-refractivity contribution >= 4 is 16.1 Å². The van der Waals surface area contributed by atoms with Crippen LogP contribution in [-0.4, -0.2) is 29.3 Å². The third kappa shape index (κ3) is 9.41. The lowest BCUT2D eigenvalue weighted by atomic mass is 10.1. The molecule has 0 saturated heterocycles. The summed E-state index contributed by atoms with van der Waals surface area (Å²) in [6, 6.07) is 0. The average Bonchev–Trinajstić information content (AvgIpc) is 2.24. The second-order valence-corrected chi connectivity index (χ2v) is 6.32. The van der Waals surface area contributed by atoms with Crippen LogP contribution in [0.15, 0.2) is 0 Å². The van der Waals surface area contributed by atoms with Crippen molar-refractivity contribution in [3.63, 3.8) is 0 Å². The maximum Gasteiger partial charge on any atom is 0.303 e. The molecule has 18 heavy (non-hydrogen) atoms. The van der Waals surface area contributed by atoms with Crippen LogP contribution < -0.4 is 0 Å². The largest absolute Gasteiger partial charge is 0.481 e. The molecule has 0 bridgehead atoms. The highest BCUT2D eigenvalue weighted by molar-refractivity contribution is 7.86. The lowest BCUT2D eigenvalue weighted by Gasteiger charge is -2.12. The number of carboxylic acid groups (broad SMARTS) is 1. The Morgan fingerprint density at radius 1 is 1.06 bits per heavy atom. The number of aliphatic carboxylic acids is 1. The molecule has 0 rings (SSSR count). The fourth-order valence-electron chi connectivity index (χ4n) is 1.94. The van der Waals surface area contributed by atoms with Gasteiger partial charge < -0.3 is 5.11 Å². The molecule has 0 fully saturated rings. The molecule has 2 N–H and O–H groups in total. The van der Waals surface area contributed by atoms with Crippen LogP contribution in [0.3, 0.4) is 0 Å². The molecule has 1 unspecified atom stereocenters. The molecule has 108 valence electrons. The highest BCUT2D eigenvalue weighted by Gasteiger charge is 2.20. The van der Waals surface area contributed by atoms with E-state index in [-0.39, 0.29) is 6.42 Å². The Hall–Kier alpha value is -0.620. The van der Waals surface area contributed by atoms with Crippen LogP contribution in [0.4, 0.5) is 0 Å². The van der Waals surface area contributed by atoms with Crippen LogP contribution in [0.1, 0.15) is 64.7 Å². The van der Waals surface area contributed by atoms with Gasteiger partial charge in [-0.05, 0) is 19.3 Å². The highest BCUT2D eigenvalue weighted by atomic mass is 32.2. The average molecular weight is 280 g/mol. The lowest BCUT2D eigenvalue weighted by Crippen LogP contribution is -2.20. The zero-order valence-electron chi connectivity index (χ0n) is 11.0. The fraction of sp³-hybridized carbons (Fsp3) is 0.917. The molecular weight excluding hydrogens is 256 g/mol. The minimum Gasteiger partial charge on any atom is -0.481 e. The van der Waals surface area contributed by atoms with Gasteiger partial charge in [-0.25, -0.2) is 0 Å². The summed E-state index contributed by atoms with van der Waals surface area (Å²) in [5, 5.41) is 7.81. The van der Waals surface area contributed by atoms with Crippen LogP contribution in [0.25, 0.3) is 0 Å². The first-order valence-corrected chi connectivity index (χ1v) is 8.06. The van der Waals surface area contributed by atoms with Crippen molar-refractivity contribution in [1.29, 1.82) is 0 Å². The first-order valence-electron chi connectivity index (χ1n) is 6.56. The molecule has 6 heteroatoms. The number of hydrogen-bond donors (Lipinski definition) is 2. The molecule has 1 atom stereocenters. The van der Waals surface area contributed by atoms with E-state index in [4.69, 9.17) is 9.66 Å². The minimum absolute atomic E-state index is 0.198. The summed E-state index contributed by atoms with van der Waals surface area (Å²) in [6.07, 6.45) is 6.02. The molecule has 5 nitrogen and oxygen atoms in total. The molecule has 0 heterocycles. The van der Waals surface area contributed by atoms with E-state index in [1.54, 1.807) is 0 Å². The first kappa shape index (κ1) is 17.4. The monoisotopic (exact) mass is 280 g/mol. The summed E-state index contributed by atoms with van der Waals surface area (Å²) in [5.74, 6) is -0.774. The molecule has 0 aromatic carbocycles. The van der Waals surface area contributed by atoms with Gasteiger partial charge in [-0.2, -0.15) is 8.42 Å². The molecule has 0 spiro atoms. The molecule has 0 amide bonds. The molecule has 0 aromatic heterocycles. The normalized spacial score (nSPS) is 13.4. The van der Waals surface area contributed by atoms with Crippen LogP contribution in [0.2, 0.25) is 0 Å². The third-order valence-corrected chi connectivity index (χ3v) is 4.26. The number of hydrogen-bond acceptors (Lipinski definition) is 3. The van der Waals surface area contributed by atoms with Crippen molar-refractivity contribution in [2.75, 3.05) is 0 Å². The molecular formula is C12H24O5S. The summed E-state index contributed by atoms with van der Waals surface area (Å²) in [5.41, 5.74) is 0. The predicted molar refractivity (Wildman–Crippen MR) is 70.2 cm³/mol. The van der Waals surface area contributed by atoms with E-state index in [0.717, 1.165) is 32.1 Å². The topological polar surface area (TPSA) is 91.7 Å². The fourth-order valence-corrected chi connectivity index (χ4v) is 2.94. The zero-order valence-corrected chi connectivity index (χ0v) is 11.8. The van der Waals surface area contributed by atoms with Crippen molar-refractivity contribution in [2.45, 2.75) is 70.0 Å². The van der Waals surface area contributed by atoms with Gasteiger partial charge in [-0.1, -0.05) is 39.0 Å². The maximum absolute atomic E-state index is 11.1. The van der Waals surface area contributed by atoms with Crippen molar-refractivity contribution in [3.8, 4) is 0 Å². The lowest BCUT2D eigenvalue weighted by molar-refractivity contribution is -0.137. The van der Waals surface area contributed by atoms with Crippen molar-refractivity contribution in [3.05, 3.63) is 0 Å². The van der Waals surface area contributed by atoms with Crippen LogP contribution in [0, 0.1) is 0 Å². The highest BCUT2D eigenvalue weighted by Crippen LogP contribution is 2.16. The smallest absolute Gasteiger partial charge is 0.303 e. The Bertz CT molecular complexity index is 323. The van der Waals surface area contributed by atoms with E-state index in [2.05, 4.69) is 0 Å². The van der Waals surface area contributed by atoms with Gasteiger partial charge in [0.05, 0.1) is 5.25 Å². The Balaban J connectivity index is 3.65. The molecule has 0 aliphatic heterocycles. The Kier molecular flexibility index (Phi) is 9.01.